The highest BCUT2D eigenvalue weighted by atomic mass is 16.5. The highest BCUT2D eigenvalue weighted by molar-refractivity contribution is 5.98. The van der Waals surface area contributed by atoms with E-state index in [9.17, 15) is 9.90 Å². The molecule has 0 unspecified atom stereocenters. The molecular weight excluding hydrogens is 504 g/mol. The van der Waals surface area contributed by atoms with Gasteiger partial charge in [0.25, 0.3) is 0 Å². The first kappa shape index (κ1) is 26.3. The number of anilines is 3. The highest BCUT2D eigenvalue weighted by Gasteiger charge is 2.26. The van der Waals surface area contributed by atoms with Gasteiger partial charge in [-0.3, -0.25) is 9.69 Å². The number of phenolic OH excluding ortho intramolecular Hbond substituents is 1. The van der Waals surface area contributed by atoms with E-state index < -0.39 is 0 Å². The Hall–Kier alpha value is -3.95. The van der Waals surface area contributed by atoms with Gasteiger partial charge in [-0.25, -0.2) is 9.50 Å². The van der Waals surface area contributed by atoms with Crippen molar-refractivity contribution in [3.8, 4) is 17.0 Å². The van der Waals surface area contributed by atoms with Gasteiger partial charge in [0.05, 0.1) is 36.5 Å². The number of carbonyl (C=O) groups excluding carboxylic acids is 1. The third-order valence-corrected chi connectivity index (χ3v) is 7.88. The number of carbonyl (C=O) groups is 1. The number of morpholine rings is 1. The molecule has 0 bridgehead atoms. The van der Waals surface area contributed by atoms with Gasteiger partial charge in [-0.2, -0.15) is 0 Å². The molecule has 2 N–H and O–H groups in total. The van der Waals surface area contributed by atoms with E-state index in [4.69, 9.17) is 14.8 Å². The predicted molar refractivity (Wildman–Crippen MR) is 157 cm³/mol. The Morgan fingerprint density at radius 2 is 1.95 bits per heavy atom. The van der Waals surface area contributed by atoms with Crippen molar-refractivity contribution in [3.63, 3.8) is 0 Å². The van der Waals surface area contributed by atoms with Crippen molar-refractivity contribution in [3.05, 3.63) is 65.9 Å². The molecule has 40 heavy (non-hydrogen) atoms. The molecule has 2 aromatic carbocycles. The standard InChI is InChI=1S/C31H36N6O3/c1-21-17-23(9-10-24(21)29(39)18-22-7-8-22)27-20-33-31-25(32-11-12-36-13-15-40-16-14-36)19-30(34-37(27)31)35(2)26-5-3-4-6-28(26)38/h3-6,9-10,17,19-20,22,32,38H,7-8,11-16,18H2,1-2H3. The Kier molecular flexibility index (Phi) is 7.40. The lowest BCUT2D eigenvalue weighted by Gasteiger charge is -2.26. The Labute approximate surface area is 234 Å². The van der Waals surface area contributed by atoms with Crippen LogP contribution < -0.4 is 10.2 Å². The molecule has 1 aliphatic carbocycles. The van der Waals surface area contributed by atoms with Gasteiger partial charge in [0, 0.05) is 56.8 Å². The number of fused-ring (bicyclic) bond motifs is 1. The number of phenols is 1. The van der Waals surface area contributed by atoms with E-state index in [1.54, 1.807) is 12.1 Å². The van der Waals surface area contributed by atoms with Gasteiger partial charge in [-0.05, 0) is 49.4 Å². The Bertz CT molecular complexity index is 1520. The fourth-order valence-corrected chi connectivity index (χ4v) is 5.32. The third-order valence-electron chi connectivity index (χ3n) is 7.88. The van der Waals surface area contributed by atoms with Gasteiger partial charge in [0.2, 0.25) is 0 Å². The molecule has 1 aliphatic heterocycles. The van der Waals surface area contributed by atoms with Crippen molar-refractivity contribution in [2.24, 2.45) is 5.92 Å². The summed E-state index contributed by atoms with van der Waals surface area (Å²) >= 11 is 0. The number of imidazole rings is 1. The van der Waals surface area contributed by atoms with Gasteiger partial charge in [0.1, 0.15) is 5.75 Å². The van der Waals surface area contributed by atoms with Crippen molar-refractivity contribution in [2.45, 2.75) is 26.2 Å². The number of benzene rings is 2. The SMILES string of the molecule is Cc1cc(-c2cnc3c(NCCN4CCOCC4)cc(N(C)c4ccccc4O)nn23)ccc1C(=O)CC1CC1. The molecule has 0 spiro atoms. The highest BCUT2D eigenvalue weighted by Crippen LogP contribution is 2.35. The first-order valence-electron chi connectivity index (χ1n) is 14.1. The largest absolute Gasteiger partial charge is 0.506 e. The number of aromatic hydroxyl groups is 1. The lowest BCUT2D eigenvalue weighted by atomic mass is 9.98. The van der Waals surface area contributed by atoms with Crippen molar-refractivity contribution < 1.29 is 14.6 Å². The second-order valence-corrected chi connectivity index (χ2v) is 10.8. The maximum absolute atomic E-state index is 12.8. The number of aromatic nitrogens is 3. The number of nitrogens with zero attached hydrogens (tertiary/aromatic N) is 5. The molecule has 208 valence electrons. The average Bonchev–Trinajstić information content (AvgIpc) is 3.67. The monoisotopic (exact) mass is 540 g/mol. The Morgan fingerprint density at radius 1 is 1.15 bits per heavy atom. The lowest BCUT2D eigenvalue weighted by Crippen LogP contribution is -2.39. The number of Topliss-reactive ketones (excluding diaryl/α,β-unsaturated/α-hetero) is 1. The maximum Gasteiger partial charge on any atom is 0.177 e. The van der Waals surface area contributed by atoms with Gasteiger partial charge >= 0.3 is 0 Å². The van der Waals surface area contributed by atoms with Crippen LogP contribution in [0.2, 0.25) is 0 Å². The molecule has 2 fully saturated rings. The molecule has 2 aromatic heterocycles. The molecule has 9 heteroatoms. The van der Waals surface area contributed by atoms with Crippen LogP contribution in [0.5, 0.6) is 5.75 Å². The average molecular weight is 541 g/mol. The number of aryl methyl sites for hydroxylation is 1. The summed E-state index contributed by atoms with van der Waals surface area (Å²) < 4.78 is 7.33. The molecule has 0 atom stereocenters. The minimum atomic E-state index is 0.182. The Balaban J connectivity index is 1.35. The van der Waals surface area contributed by atoms with Gasteiger partial charge in [-0.1, -0.05) is 24.3 Å². The molecule has 9 nitrogen and oxygen atoms in total. The van der Waals surface area contributed by atoms with E-state index in [2.05, 4.69) is 16.3 Å². The smallest absolute Gasteiger partial charge is 0.177 e. The van der Waals surface area contributed by atoms with E-state index in [1.165, 1.54) is 0 Å². The second-order valence-electron chi connectivity index (χ2n) is 10.8. The quantitative estimate of drug-likeness (QED) is 0.274. The topological polar surface area (TPSA) is 95.2 Å². The predicted octanol–water partition coefficient (Wildman–Crippen LogP) is 4.91. The summed E-state index contributed by atoms with van der Waals surface area (Å²) in [7, 11) is 1.89. The summed E-state index contributed by atoms with van der Waals surface area (Å²) in [6, 6.07) is 15.2. The van der Waals surface area contributed by atoms with Crippen molar-refractivity contribution >= 4 is 28.6 Å². The van der Waals surface area contributed by atoms with Crippen LogP contribution in [-0.2, 0) is 4.74 Å². The van der Waals surface area contributed by atoms with E-state index in [-0.39, 0.29) is 11.5 Å². The number of hydrogen-bond donors (Lipinski definition) is 2. The van der Waals surface area contributed by atoms with Crippen molar-refractivity contribution in [1.82, 2.24) is 19.5 Å². The molecule has 2 aliphatic rings. The van der Waals surface area contributed by atoms with Crippen LogP contribution in [-0.4, -0.2) is 76.8 Å². The maximum atomic E-state index is 12.8. The summed E-state index contributed by atoms with van der Waals surface area (Å²) in [4.78, 5) is 21.8. The minimum Gasteiger partial charge on any atom is -0.506 e. The molecule has 0 amide bonds. The Morgan fingerprint density at radius 3 is 2.70 bits per heavy atom. The van der Waals surface area contributed by atoms with Crippen LogP contribution in [0.4, 0.5) is 17.2 Å². The zero-order chi connectivity index (χ0) is 27.6. The van der Waals surface area contributed by atoms with E-state index in [1.807, 2.05) is 59.9 Å². The summed E-state index contributed by atoms with van der Waals surface area (Å²) in [5, 5.41) is 19.1. The molecule has 0 radical (unpaired) electrons. The number of rotatable bonds is 10. The molecular formula is C31H36N6O3. The van der Waals surface area contributed by atoms with Gasteiger partial charge < -0.3 is 20.1 Å². The number of para-hydroxylation sites is 2. The molecule has 4 aromatic rings. The van der Waals surface area contributed by atoms with E-state index >= 15 is 0 Å². The van der Waals surface area contributed by atoms with Crippen molar-refractivity contribution in [2.75, 3.05) is 56.7 Å². The van der Waals surface area contributed by atoms with E-state index in [0.29, 0.717) is 23.8 Å². The van der Waals surface area contributed by atoms with Crippen LogP contribution in [0, 0.1) is 12.8 Å². The summed E-state index contributed by atoms with van der Waals surface area (Å²) in [5.74, 6) is 1.63. The van der Waals surface area contributed by atoms with Gasteiger partial charge in [-0.15, -0.1) is 5.10 Å². The van der Waals surface area contributed by atoms with Crippen LogP contribution in [0.3, 0.4) is 0 Å². The van der Waals surface area contributed by atoms with Crippen LogP contribution in [0.15, 0.2) is 54.7 Å². The summed E-state index contributed by atoms with van der Waals surface area (Å²) in [6.07, 6.45) is 4.80. The van der Waals surface area contributed by atoms with Gasteiger partial charge in [0.15, 0.2) is 17.2 Å². The fourth-order valence-electron chi connectivity index (χ4n) is 5.32. The molecule has 6 rings (SSSR count). The zero-order valence-corrected chi connectivity index (χ0v) is 23.1. The molecule has 3 heterocycles. The summed E-state index contributed by atoms with van der Waals surface area (Å²) in [6.45, 7) is 7.04. The number of nitrogens with one attached hydrogen (secondary N) is 1. The first-order valence-corrected chi connectivity index (χ1v) is 14.1. The fraction of sp³-hybridized carbons (Fsp3) is 0.387. The summed E-state index contributed by atoms with van der Waals surface area (Å²) in [5.41, 5.74) is 5.78. The lowest BCUT2D eigenvalue weighted by molar-refractivity contribution is 0.0398. The normalized spacial score (nSPS) is 15.8. The third kappa shape index (κ3) is 5.52. The van der Waals surface area contributed by atoms with Crippen LogP contribution in [0.25, 0.3) is 16.9 Å². The minimum absolute atomic E-state index is 0.182. The van der Waals surface area contributed by atoms with Crippen LogP contribution in [0.1, 0.15) is 35.2 Å². The van der Waals surface area contributed by atoms with Crippen LogP contribution >= 0.6 is 0 Å². The molecule has 1 saturated carbocycles. The molecule has 1 saturated heterocycles. The number of ether oxygens (including phenoxy) is 1. The zero-order valence-electron chi connectivity index (χ0n) is 23.1. The number of ketones is 1. The first-order chi connectivity index (χ1) is 19.5. The number of hydrogen-bond acceptors (Lipinski definition) is 8. The van der Waals surface area contributed by atoms with E-state index in [0.717, 1.165) is 86.0 Å². The second kappa shape index (κ2) is 11.3. The van der Waals surface area contributed by atoms with Crippen molar-refractivity contribution in [1.29, 1.82) is 0 Å².